The molecule has 2 heterocycles. The van der Waals surface area contributed by atoms with Crippen molar-refractivity contribution in [1.29, 1.82) is 0 Å². The number of benzene rings is 1. The minimum Gasteiger partial charge on any atom is -0.391 e. The Morgan fingerprint density at radius 2 is 2.08 bits per heavy atom. The highest BCUT2D eigenvalue weighted by atomic mass is 16.3. The second-order valence-electron chi connectivity index (χ2n) is 7.44. The standard InChI is InChI=1S/C20H25N3O2/c1-13(24)22-15-8-6-14(7-9-15)10-19(25)20-17-5-3-2-4-16(17)18-11-21-12-23(18)20/h2-5,11-12,14-15,19-20,25H,6-10H2,1H3,(H,22,24). The van der Waals surface area contributed by atoms with Gasteiger partial charge in [-0.1, -0.05) is 24.3 Å². The summed E-state index contributed by atoms with van der Waals surface area (Å²) >= 11 is 0. The van der Waals surface area contributed by atoms with Gasteiger partial charge in [-0.25, -0.2) is 4.98 Å². The first-order chi connectivity index (χ1) is 12.1. The van der Waals surface area contributed by atoms with Gasteiger partial charge in [0.1, 0.15) is 0 Å². The van der Waals surface area contributed by atoms with E-state index in [1.807, 2.05) is 24.7 Å². The van der Waals surface area contributed by atoms with Crippen molar-refractivity contribution >= 4 is 5.91 Å². The Labute approximate surface area is 148 Å². The third-order valence-electron chi connectivity index (χ3n) is 5.71. The molecule has 0 saturated heterocycles. The molecule has 0 spiro atoms. The van der Waals surface area contributed by atoms with Crippen molar-refractivity contribution in [2.75, 3.05) is 0 Å². The summed E-state index contributed by atoms with van der Waals surface area (Å²) in [5.74, 6) is 0.568. The van der Waals surface area contributed by atoms with E-state index in [0.29, 0.717) is 12.0 Å². The number of aliphatic hydroxyl groups excluding tert-OH is 1. The van der Waals surface area contributed by atoms with Crippen molar-refractivity contribution in [1.82, 2.24) is 14.9 Å². The quantitative estimate of drug-likeness (QED) is 0.900. The second kappa shape index (κ2) is 6.64. The Morgan fingerprint density at radius 1 is 1.32 bits per heavy atom. The third-order valence-corrected chi connectivity index (χ3v) is 5.71. The first-order valence-corrected chi connectivity index (χ1v) is 9.19. The fourth-order valence-electron chi connectivity index (χ4n) is 4.57. The summed E-state index contributed by atoms with van der Waals surface area (Å²) in [4.78, 5) is 15.5. The van der Waals surface area contributed by atoms with Crippen LogP contribution in [-0.2, 0) is 4.79 Å². The molecule has 1 aromatic heterocycles. The van der Waals surface area contributed by atoms with Gasteiger partial charge in [0.25, 0.3) is 0 Å². The molecule has 2 atom stereocenters. The Balaban J connectivity index is 1.44. The van der Waals surface area contributed by atoms with E-state index < -0.39 is 6.10 Å². The molecule has 2 aliphatic rings. The topological polar surface area (TPSA) is 67.2 Å². The van der Waals surface area contributed by atoms with Gasteiger partial charge >= 0.3 is 0 Å². The van der Waals surface area contributed by atoms with E-state index in [1.54, 1.807) is 6.92 Å². The smallest absolute Gasteiger partial charge is 0.217 e. The Kier molecular flexibility index (Phi) is 4.34. The number of hydrogen-bond donors (Lipinski definition) is 2. The van der Waals surface area contributed by atoms with E-state index in [-0.39, 0.29) is 11.9 Å². The second-order valence-corrected chi connectivity index (χ2v) is 7.44. The minimum atomic E-state index is -0.418. The summed E-state index contributed by atoms with van der Waals surface area (Å²) in [7, 11) is 0. The van der Waals surface area contributed by atoms with E-state index in [9.17, 15) is 9.90 Å². The molecule has 1 amide bonds. The van der Waals surface area contributed by atoms with Gasteiger partial charge in [-0.05, 0) is 43.6 Å². The van der Waals surface area contributed by atoms with Crippen LogP contribution in [0.2, 0.25) is 0 Å². The van der Waals surface area contributed by atoms with Gasteiger partial charge in [0, 0.05) is 18.5 Å². The molecule has 4 rings (SSSR count). The molecular formula is C20H25N3O2. The van der Waals surface area contributed by atoms with Gasteiger partial charge in [-0.2, -0.15) is 0 Å². The van der Waals surface area contributed by atoms with Crippen LogP contribution >= 0.6 is 0 Å². The zero-order valence-corrected chi connectivity index (χ0v) is 14.6. The highest BCUT2D eigenvalue weighted by molar-refractivity contribution is 5.73. The number of rotatable bonds is 4. The van der Waals surface area contributed by atoms with Gasteiger partial charge in [0.05, 0.1) is 30.4 Å². The molecule has 25 heavy (non-hydrogen) atoms. The van der Waals surface area contributed by atoms with Crippen LogP contribution in [0.3, 0.4) is 0 Å². The predicted octanol–water partition coefficient (Wildman–Crippen LogP) is 2.90. The molecule has 5 nitrogen and oxygen atoms in total. The van der Waals surface area contributed by atoms with Gasteiger partial charge in [-0.15, -0.1) is 0 Å². The van der Waals surface area contributed by atoms with Crippen LogP contribution in [0.25, 0.3) is 11.3 Å². The van der Waals surface area contributed by atoms with E-state index >= 15 is 0 Å². The molecule has 1 fully saturated rings. The summed E-state index contributed by atoms with van der Waals surface area (Å²) in [5.41, 5.74) is 3.46. The summed E-state index contributed by atoms with van der Waals surface area (Å²) in [6.45, 7) is 1.58. The lowest BCUT2D eigenvalue weighted by atomic mass is 9.81. The van der Waals surface area contributed by atoms with Crippen molar-refractivity contribution < 1.29 is 9.90 Å². The Morgan fingerprint density at radius 3 is 2.84 bits per heavy atom. The summed E-state index contributed by atoms with van der Waals surface area (Å²) in [6.07, 6.45) is 8.23. The molecule has 2 N–H and O–H groups in total. The number of aromatic nitrogens is 2. The van der Waals surface area contributed by atoms with Crippen LogP contribution in [0.4, 0.5) is 0 Å². The van der Waals surface area contributed by atoms with Crippen LogP contribution in [0, 0.1) is 5.92 Å². The number of amides is 1. The van der Waals surface area contributed by atoms with Gasteiger partial charge in [0.15, 0.2) is 0 Å². The SMILES string of the molecule is CC(=O)NC1CCC(CC(O)C2c3ccccc3-c3cncn32)CC1. The van der Waals surface area contributed by atoms with Crippen molar-refractivity contribution in [3.63, 3.8) is 0 Å². The fourth-order valence-corrected chi connectivity index (χ4v) is 4.57. The average molecular weight is 339 g/mol. The Bertz CT molecular complexity index is 762. The number of nitrogens with zero attached hydrogens (tertiary/aromatic N) is 2. The zero-order valence-electron chi connectivity index (χ0n) is 14.6. The molecule has 0 bridgehead atoms. The highest BCUT2D eigenvalue weighted by Gasteiger charge is 2.35. The number of carbonyl (C=O) groups is 1. The van der Waals surface area contributed by atoms with E-state index in [2.05, 4.69) is 27.0 Å². The monoisotopic (exact) mass is 339 g/mol. The number of nitrogens with one attached hydrogen (secondary N) is 1. The molecule has 1 aliphatic carbocycles. The molecule has 2 unspecified atom stereocenters. The zero-order chi connectivity index (χ0) is 17.4. The average Bonchev–Trinajstić information content (AvgIpc) is 3.16. The largest absolute Gasteiger partial charge is 0.391 e. The maximum absolute atomic E-state index is 11.2. The van der Waals surface area contributed by atoms with E-state index in [0.717, 1.165) is 37.8 Å². The fraction of sp³-hybridized carbons (Fsp3) is 0.500. The number of aliphatic hydroxyl groups is 1. The lowest BCUT2D eigenvalue weighted by Gasteiger charge is -2.31. The van der Waals surface area contributed by atoms with Crippen molar-refractivity contribution in [2.24, 2.45) is 5.92 Å². The van der Waals surface area contributed by atoms with Crippen molar-refractivity contribution in [3.05, 3.63) is 42.4 Å². The van der Waals surface area contributed by atoms with Gasteiger partial charge in [-0.3, -0.25) is 4.79 Å². The minimum absolute atomic E-state index is 0.0400. The maximum atomic E-state index is 11.2. The van der Waals surface area contributed by atoms with Crippen molar-refractivity contribution in [2.45, 2.75) is 57.2 Å². The van der Waals surface area contributed by atoms with Crippen molar-refractivity contribution in [3.8, 4) is 11.3 Å². The molecule has 132 valence electrons. The summed E-state index contributed by atoms with van der Waals surface area (Å²) in [5, 5.41) is 14.0. The van der Waals surface area contributed by atoms with Crippen LogP contribution in [0.15, 0.2) is 36.8 Å². The number of carbonyl (C=O) groups excluding carboxylic acids is 1. The molecular weight excluding hydrogens is 314 g/mol. The lowest BCUT2D eigenvalue weighted by Crippen LogP contribution is -2.37. The predicted molar refractivity (Wildman–Crippen MR) is 96.0 cm³/mol. The number of fused-ring (bicyclic) bond motifs is 3. The molecule has 1 aromatic carbocycles. The van der Waals surface area contributed by atoms with Crippen LogP contribution in [-0.4, -0.2) is 32.7 Å². The molecule has 0 radical (unpaired) electrons. The summed E-state index contributed by atoms with van der Waals surface area (Å²) in [6, 6.07) is 8.56. The lowest BCUT2D eigenvalue weighted by molar-refractivity contribution is -0.119. The first-order valence-electron chi connectivity index (χ1n) is 9.19. The normalized spacial score (nSPS) is 25.9. The molecule has 5 heteroatoms. The van der Waals surface area contributed by atoms with Gasteiger partial charge < -0.3 is 15.0 Å². The maximum Gasteiger partial charge on any atom is 0.217 e. The van der Waals surface area contributed by atoms with Crippen LogP contribution < -0.4 is 5.32 Å². The van der Waals surface area contributed by atoms with E-state index in [1.165, 1.54) is 11.1 Å². The first kappa shape index (κ1) is 16.3. The van der Waals surface area contributed by atoms with E-state index in [4.69, 9.17) is 0 Å². The number of imidazole rings is 1. The Hall–Kier alpha value is -2.14. The van der Waals surface area contributed by atoms with Crippen LogP contribution in [0.5, 0.6) is 0 Å². The molecule has 1 aliphatic heterocycles. The number of hydrogen-bond acceptors (Lipinski definition) is 3. The third kappa shape index (κ3) is 3.09. The highest BCUT2D eigenvalue weighted by Crippen LogP contribution is 2.42. The van der Waals surface area contributed by atoms with Gasteiger partial charge in [0.2, 0.25) is 5.91 Å². The summed E-state index contributed by atoms with van der Waals surface area (Å²) < 4.78 is 2.11. The molecule has 1 saturated carbocycles. The van der Waals surface area contributed by atoms with Crippen LogP contribution in [0.1, 0.15) is 50.6 Å². The molecule has 2 aromatic rings.